The highest BCUT2D eigenvalue weighted by Gasteiger charge is 2.08. The van der Waals surface area contributed by atoms with E-state index in [1.54, 1.807) is 12.4 Å². The molecule has 0 saturated carbocycles. The summed E-state index contributed by atoms with van der Waals surface area (Å²) in [7, 11) is 1.87. The second-order valence-corrected chi connectivity index (χ2v) is 7.01. The third-order valence-electron chi connectivity index (χ3n) is 4.21. The van der Waals surface area contributed by atoms with Crippen LogP contribution in [0.2, 0.25) is 0 Å². The van der Waals surface area contributed by atoms with E-state index >= 15 is 0 Å². The van der Waals surface area contributed by atoms with Gasteiger partial charge in [-0.3, -0.25) is 4.98 Å². The minimum absolute atomic E-state index is 0.459. The fourth-order valence-corrected chi connectivity index (χ4v) is 2.94. The Morgan fingerprint density at radius 3 is 2.43 bits per heavy atom. The molecule has 144 valence electrons. The van der Waals surface area contributed by atoms with E-state index in [9.17, 15) is 0 Å². The van der Waals surface area contributed by atoms with Crippen LogP contribution in [0.1, 0.15) is 25.3 Å². The van der Waals surface area contributed by atoms with Crippen LogP contribution in [0.4, 0.5) is 17.1 Å². The number of benzene rings is 2. The van der Waals surface area contributed by atoms with Gasteiger partial charge in [-0.15, -0.1) is 0 Å². The van der Waals surface area contributed by atoms with E-state index in [-0.39, 0.29) is 0 Å². The van der Waals surface area contributed by atoms with E-state index in [1.807, 2.05) is 49.5 Å². The van der Waals surface area contributed by atoms with Crippen molar-refractivity contribution in [3.63, 3.8) is 0 Å². The summed E-state index contributed by atoms with van der Waals surface area (Å²) in [5.41, 5.74) is 3.96. The molecular formula is C22H24N4OS. The molecule has 0 saturated heterocycles. The van der Waals surface area contributed by atoms with Crippen molar-refractivity contribution in [2.45, 2.75) is 19.8 Å². The van der Waals surface area contributed by atoms with Crippen LogP contribution in [0.5, 0.6) is 11.5 Å². The number of nitrogens with zero attached hydrogens (tertiary/aromatic N) is 1. The van der Waals surface area contributed by atoms with Crippen molar-refractivity contribution < 1.29 is 4.74 Å². The van der Waals surface area contributed by atoms with Gasteiger partial charge in [0.05, 0.1) is 11.4 Å². The van der Waals surface area contributed by atoms with Gasteiger partial charge >= 0.3 is 0 Å². The molecular weight excluding hydrogens is 368 g/mol. The standard InChI is InChI=1S/C22H24N4OS/c1-15(2)16-5-4-6-17(13-16)25-22(28)26-21-14-19(7-8-20(21)23-3)27-18-9-11-24-12-10-18/h4-15,23H,1-3H3,(H2,25,26,28). The Bertz CT molecular complexity index is 944. The summed E-state index contributed by atoms with van der Waals surface area (Å²) in [5.74, 6) is 1.89. The molecule has 0 aliphatic heterocycles. The van der Waals surface area contributed by atoms with Gasteiger partial charge in [0.2, 0.25) is 0 Å². The Balaban J connectivity index is 1.74. The monoisotopic (exact) mass is 392 g/mol. The van der Waals surface area contributed by atoms with Gasteiger partial charge in [0.25, 0.3) is 0 Å². The number of nitrogens with one attached hydrogen (secondary N) is 3. The van der Waals surface area contributed by atoms with Crippen LogP contribution in [0.15, 0.2) is 67.0 Å². The summed E-state index contributed by atoms with van der Waals surface area (Å²) < 4.78 is 5.89. The van der Waals surface area contributed by atoms with Crippen LogP contribution in [-0.2, 0) is 0 Å². The predicted molar refractivity (Wildman–Crippen MR) is 121 cm³/mol. The lowest BCUT2D eigenvalue weighted by Gasteiger charge is -2.16. The van der Waals surface area contributed by atoms with Gasteiger partial charge in [0.1, 0.15) is 11.5 Å². The van der Waals surface area contributed by atoms with E-state index < -0.39 is 0 Å². The number of pyridine rings is 1. The van der Waals surface area contributed by atoms with Gasteiger partial charge in [0, 0.05) is 31.2 Å². The van der Waals surface area contributed by atoms with Gasteiger partial charge in [-0.05, 0) is 60.1 Å². The molecule has 1 aromatic heterocycles. The molecule has 0 radical (unpaired) electrons. The zero-order chi connectivity index (χ0) is 19.9. The van der Waals surface area contributed by atoms with Crippen molar-refractivity contribution in [3.8, 4) is 11.5 Å². The van der Waals surface area contributed by atoms with Crippen molar-refractivity contribution in [1.29, 1.82) is 0 Å². The molecule has 2 aromatic carbocycles. The molecule has 0 atom stereocenters. The van der Waals surface area contributed by atoms with Crippen LogP contribution in [0.25, 0.3) is 0 Å². The van der Waals surface area contributed by atoms with Crippen molar-refractivity contribution in [1.82, 2.24) is 4.98 Å². The van der Waals surface area contributed by atoms with Crippen LogP contribution < -0.4 is 20.7 Å². The largest absolute Gasteiger partial charge is 0.457 e. The van der Waals surface area contributed by atoms with Crippen LogP contribution in [0, 0.1) is 0 Å². The Hall–Kier alpha value is -3.12. The maximum atomic E-state index is 5.89. The third-order valence-corrected chi connectivity index (χ3v) is 4.41. The Kier molecular flexibility index (Phi) is 6.45. The molecule has 0 fully saturated rings. The molecule has 5 nitrogen and oxygen atoms in total. The lowest BCUT2D eigenvalue weighted by atomic mass is 10.0. The van der Waals surface area contributed by atoms with Crippen LogP contribution in [0.3, 0.4) is 0 Å². The molecule has 0 amide bonds. The molecule has 0 unspecified atom stereocenters. The lowest BCUT2D eigenvalue weighted by molar-refractivity contribution is 0.482. The van der Waals surface area contributed by atoms with Gasteiger partial charge < -0.3 is 20.7 Å². The first-order valence-electron chi connectivity index (χ1n) is 9.13. The first kappa shape index (κ1) is 19.6. The third kappa shape index (κ3) is 5.20. The summed E-state index contributed by atoms with van der Waals surface area (Å²) in [6.45, 7) is 4.34. The number of anilines is 3. The molecule has 0 aliphatic rings. The van der Waals surface area contributed by atoms with Crippen molar-refractivity contribution in [3.05, 3.63) is 72.6 Å². The topological polar surface area (TPSA) is 58.2 Å². The number of hydrogen-bond donors (Lipinski definition) is 3. The molecule has 3 rings (SSSR count). The number of aromatic nitrogens is 1. The zero-order valence-corrected chi connectivity index (χ0v) is 17.0. The lowest BCUT2D eigenvalue weighted by Crippen LogP contribution is -2.20. The zero-order valence-electron chi connectivity index (χ0n) is 16.2. The summed E-state index contributed by atoms with van der Waals surface area (Å²) in [6.07, 6.45) is 3.39. The molecule has 0 bridgehead atoms. The van der Waals surface area contributed by atoms with Crippen molar-refractivity contribution in [2.24, 2.45) is 0 Å². The van der Waals surface area contributed by atoms with Gasteiger partial charge in [0.15, 0.2) is 5.11 Å². The van der Waals surface area contributed by atoms with Crippen LogP contribution in [-0.4, -0.2) is 17.1 Å². The highest BCUT2D eigenvalue weighted by molar-refractivity contribution is 7.80. The molecule has 6 heteroatoms. The average Bonchev–Trinajstić information content (AvgIpc) is 2.69. The summed E-state index contributed by atoms with van der Waals surface area (Å²) in [6, 6.07) is 17.6. The molecule has 0 aliphatic carbocycles. The number of thiocarbonyl (C=S) groups is 1. The summed E-state index contributed by atoms with van der Waals surface area (Å²) >= 11 is 5.51. The van der Waals surface area contributed by atoms with Gasteiger partial charge in [-0.2, -0.15) is 0 Å². The maximum Gasteiger partial charge on any atom is 0.175 e. The fourth-order valence-electron chi connectivity index (χ4n) is 2.71. The minimum Gasteiger partial charge on any atom is -0.457 e. The van der Waals surface area contributed by atoms with Crippen molar-refractivity contribution >= 4 is 34.4 Å². The second-order valence-electron chi connectivity index (χ2n) is 6.60. The quantitative estimate of drug-likeness (QED) is 0.458. The Labute approximate surface area is 171 Å². The highest BCUT2D eigenvalue weighted by Crippen LogP contribution is 2.30. The maximum absolute atomic E-state index is 5.89. The first-order chi connectivity index (χ1) is 13.5. The van der Waals surface area contributed by atoms with E-state index in [0.29, 0.717) is 16.8 Å². The molecule has 1 heterocycles. The minimum atomic E-state index is 0.459. The molecule has 28 heavy (non-hydrogen) atoms. The predicted octanol–water partition coefficient (Wildman–Crippen LogP) is 5.85. The molecule has 0 spiro atoms. The van der Waals surface area contributed by atoms with Gasteiger partial charge in [-0.1, -0.05) is 26.0 Å². The summed E-state index contributed by atoms with van der Waals surface area (Å²) in [5, 5.41) is 10.2. The number of hydrogen-bond acceptors (Lipinski definition) is 4. The van der Waals surface area contributed by atoms with E-state index in [2.05, 4.69) is 46.9 Å². The van der Waals surface area contributed by atoms with Crippen LogP contribution >= 0.6 is 12.2 Å². The first-order valence-corrected chi connectivity index (χ1v) is 9.53. The number of rotatable bonds is 6. The number of ether oxygens (including phenoxy) is 1. The normalized spacial score (nSPS) is 10.4. The Morgan fingerprint density at radius 1 is 0.929 bits per heavy atom. The van der Waals surface area contributed by atoms with E-state index in [1.165, 1.54) is 5.56 Å². The SMILES string of the molecule is CNc1ccc(Oc2ccncc2)cc1NC(=S)Nc1cccc(C(C)C)c1. The molecule has 3 aromatic rings. The smallest absolute Gasteiger partial charge is 0.175 e. The van der Waals surface area contributed by atoms with E-state index in [4.69, 9.17) is 17.0 Å². The average molecular weight is 393 g/mol. The Morgan fingerprint density at radius 2 is 1.71 bits per heavy atom. The molecule has 3 N–H and O–H groups in total. The fraction of sp³-hybridized carbons (Fsp3) is 0.182. The van der Waals surface area contributed by atoms with Crippen molar-refractivity contribution in [2.75, 3.05) is 23.0 Å². The summed E-state index contributed by atoms with van der Waals surface area (Å²) in [4.78, 5) is 4.00. The van der Waals surface area contributed by atoms with E-state index in [0.717, 1.165) is 22.8 Å². The second kappa shape index (κ2) is 9.19. The highest BCUT2D eigenvalue weighted by atomic mass is 32.1. The van der Waals surface area contributed by atoms with Gasteiger partial charge in [-0.25, -0.2) is 0 Å².